The average molecular weight is 284 g/mol. The third kappa shape index (κ3) is 4.41. The predicted molar refractivity (Wildman–Crippen MR) is 78.1 cm³/mol. The van der Waals surface area contributed by atoms with Gasteiger partial charge in [-0.2, -0.15) is 11.8 Å². The molecule has 1 aliphatic carbocycles. The van der Waals surface area contributed by atoms with Gasteiger partial charge in [0.05, 0.1) is 6.54 Å². The SMILES string of the molecule is CSCCCCCCN1CC(=O)NC(C2CC2)C1=O. The highest BCUT2D eigenvalue weighted by Gasteiger charge is 2.42. The summed E-state index contributed by atoms with van der Waals surface area (Å²) in [5.74, 6) is 1.78. The summed E-state index contributed by atoms with van der Waals surface area (Å²) in [5.41, 5.74) is 0. The molecule has 108 valence electrons. The van der Waals surface area contributed by atoms with Crippen LogP contribution in [0.4, 0.5) is 0 Å². The molecule has 2 aliphatic rings. The molecule has 1 saturated heterocycles. The molecule has 5 heteroatoms. The number of carbonyl (C=O) groups excluding carboxylic acids is 2. The largest absolute Gasteiger partial charge is 0.342 e. The van der Waals surface area contributed by atoms with E-state index in [2.05, 4.69) is 11.6 Å². The third-order valence-corrected chi connectivity index (χ3v) is 4.55. The minimum atomic E-state index is -0.224. The highest BCUT2D eigenvalue weighted by Crippen LogP contribution is 2.34. The Hall–Kier alpha value is -0.710. The summed E-state index contributed by atoms with van der Waals surface area (Å²) in [7, 11) is 0. The van der Waals surface area contributed by atoms with Gasteiger partial charge in [-0.1, -0.05) is 12.8 Å². The third-order valence-electron chi connectivity index (χ3n) is 3.85. The zero-order valence-electron chi connectivity index (χ0n) is 11.7. The first-order valence-corrected chi connectivity index (χ1v) is 8.69. The summed E-state index contributed by atoms with van der Waals surface area (Å²) < 4.78 is 0. The summed E-state index contributed by atoms with van der Waals surface area (Å²) in [4.78, 5) is 25.6. The second-order valence-corrected chi connectivity index (χ2v) is 6.54. The molecule has 4 nitrogen and oxygen atoms in total. The van der Waals surface area contributed by atoms with Gasteiger partial charge in [-0.25, -0.2) is 0 Å². The van der Waals surface area contributed by atoms with Gasteiger partial charge in [0, 0.05) is 6.54 Å². The number of hydrogen-bond donors (Lipinski definition) is 1. The topological polar surface area (TPSA) is 49.4 Å². The first-order chi connectivity index (χ1) is 9.22. The zero-order chi connectivity index (χ0) is 13.7. The molecule has 2 fully saturated rings. The number of nitrogens with one attached hydrogen (secondary N) is 1. The molecule has 1 N–H and O–H groups in total. The van der Waals surface area contributed by atoms with Crippen LogP contribution in [-0.2, 0) is 9.59 Å². The highest BCUT2D eigenvalue weighted by molar-refractivity contribution is 7.98. The van der Waals surface area contributed by atoms with E-state index in [1.165, 1.54) is 18.6 Å². The van der Waals surface area contributed by atoms with Crippen molar-refractivity contribution in [3.8, 4) is 0 Å². The van der Waals surface area contributed by atoms with Crippen LogP contribution in [0.2, 0.25) is 0 Å². The number of carbonyl (C=O) groups is 2. The second kappa shape index (κ2) is 7.17. The molecular weight excluding hydrogens is 260 g/mol. The van der Waals surface area contributed by atoms with Gasteiger partial charge in [0.15, 0.2) is 0 Å². The van der Waals surface area contributed by atoms with Crippen LogP contribution >= 0.6 is 11.8 Å². The maximum atomic E-state index is 12.2. The molecule has 19 heavy (non-hydrogen) atoms. The molecule has 2 rings (SSSR count). The van der Waals surface area contributed by atoms with Gasteiger partial charge in [-0.3, -0.25) is 9.59 Å². The van der Waals surface area contributed by atoms with Gasteiger partial charge in [0.2, 0.25) is 11.8 Å². The zero-order valence-corrected chi connectivity index (χ0v) is 12.5. The molecule has 0 aromatic rings. The average Bonchev–Trinajstić information content (AvgIpc) is 3.21. The summed E-state index contributed by atoms with van der Waals surface area (Å²) in [6.45, 7) is 1.00. The van der Waals surface area contributed by atoms with Crippen LogP contribution in [0.5, 0.6) is 0 Å². The molecule has 0 radical (unpaired) electrons. The second-order valence-electron chi connectivity index (χ2n) is 5.55. The number of unbranched alkanes of at least 4 members (excludes halogenated alkanes) is 3. The van der Waals surface area contributed by atoms with Gasteiger partial charge in [-0.05, 0) is 43.6 Å². The molecule has 1 heterocycles. The van der Waals surface area contributed by atoms with Gasteiger partial charge in [0.1, 0.15) is 6.04 Å². The monoisotopic (exact) mass is 284 g/mol. The fourth-order valence-corrected chi connectivity index (χ4v) is 3.06. The quantitative estimate of drug-likeness (QED) is 0.690. The lowest BCUT2D eigenvalue weighted by molar-refractivity contribution is -0.144. The minimum absolute atomic E-state index is 0.0129. The van der Waals surface area contributed by atoms with Crippen LogP contribution in [0.1, 0.15) is 38.5 Å². The van der Waals surface area contributed by atoms with E-state index < -0.39 is 0 Å². The summed E-state index contributed by atoms with van der Waals surface area (Å²) >= 11 is 1.88. The van der Waals surface area contributed by atoms with Crippen molar-refractivity contribution in [1.29, 1.82) is 0 Å². The lowest BCUT2D eigenvalue weighted by atomic mass is 10.1. The number of amides is 2. The Morgan fingerprint density at radius 1 is 1.21 bits per heavy atom. The maximum Gasteiger partial charge on any atom is 0.245 e. The Kier molecular flexibility index (Phi) is 5.55. The summed E-state index contributed by atoms with van der Waals surface area (Å²) in [6.07, 6.45) is 8.94. The van der Waals surface area contributed by atoms with E-state index in [1.807, 2.05) is 11.8 Å². The lowest BCUT2D eigenvalue weighted by Gasteiger charge is -2.32. The number of rotatable bonds is 8. The van der Waals surface area contributed by atoms with Crippen LogP contribution < -0.4 is 5.32 Å². The molecule has 0 spiro atoms. The van der Waals surface area contributed by atoms with E-state index in [1.54, 1.807) is 4.90 Å². The molecule has 0 aromatic carbocycles. The van der Waals surface area contributed by atoms with Crippen LogP contribution in [0.25, 0.3) is 0 Å². The predicted octanol–water partition coefficient (Wildman–Crippen LogP) is 1.65. The molecular formula is C14H24N2O2S. The van der Waals surface area contributed by atoms with Crippen molar-refractivity contribution < 1.29 is 9.59 Å². The van der Waals surface area contributed by atoms with Gasteiger partial charge < -0.3 is 10.2 Å². The smallest absolute Gasteiger partial charge is 0.245 e. The van der Waals surface area contributed by atoms with Gasteiger partial charge >= 0.3 is 0 Å². The fourth-order valence-electron chi connectivity index (χ4n) is 2.57. The number of nitrogens with zero attached hydrogens (tertiary/aromatic N) is 1. The Labute approximate surface area is 119 Å². The highest BCUT2D eigenvalue weighted by atomic mass is 32.2. The van der Waals surface area contributed by atoms with Crippen LogP contribution in [0.15, 0.2) is 0 Å². The van der Waals surface area contributed by atoms with Gasteiger partial charge in [-0.15, -0.1) is 0 Å². The minimum Gasteiger partial charge on any atom is -0.342 e. The molecule has 1 saturated carbocycles. The first-order valence-electron chi connectivity index (χ1n) is 7.29. The van der Waals surface area contributed by atoms with Crippen molar-refractivity contribution >= 4 is 23.6 Å². The molecule has 1 aliphatic heterocycles. The van der Waals surface area contributed by atoms with Crippen LogP contribution in [0.3, 0.4) is 0 Å². The molecule has 0 bridgehead atoms. The van der Waals surface area contributed by atoms with Crippen LogP contribution in [0, 0.1) is 5.92 Å². The summed E-state index contributed by atoms with van der Waals surface area (Å²) in [6, 6.07) is -0.224. The Bertz CT molecular complexity index is 331. The molecule has 1 atom stereocenters. The Morgan fingerprint density at radius 3 is 2.63 bits per heavy atom. The van der Waals surface area contributed by atoms with E-state index in [0.29, 0.717) is 5.92 Å². The van der Waals surface area contributed by atoms with Crippen molar-refractivity contribution in [2.75, 3.05) is 25.1 Å². The molecule has 2 amide bonds. The standard InChI is InChI=1S/C14H24N2O2S/c1-19-9-5-3-2-4-8-16-10-12(17)15-13(14(16)18)11-6-7-11/h11,13H,2-10H2,1H3,(H,15,17). The Balaban J connectivity index is 1.69. The van der Waals surface area contributed by atoms with E-state index in [4.69, 9.17) is 0 Å². The fraction of sp³-hybridized carbons (Fsp3) is 0.857. The molecule has 1 unspecified atom stereocenters. The number of thioether (sulfide) groups is 1. The van der Waals surface area contributed by atoms with E-state index in [9.17, 15) is 9.59 Å². The molecule has 0 aromatic heterocycles. The van der Waals surface area contributed by atoms with Crippen LogP contribution in [-0.4, -0.2) is 47.9 Å². The normalized spacial score (nSPS) is 23.6. The summed E-state index contributed by atoms with van der Waals surface area (Å²) in [5, 5.41) is 2.84. The van der Waals surface area contributed by atoms with Crippen molar-refractivity contribution in [3.63, 3.8) is 0 Å². The van der Waals surface area contributed by atoms with Gasteiger partial charge in [0.25, 0.3) is 0 Å². The van der Waals surface area contributed by atoms with E-state index >= 15 is 0 Å². The van der Waals surface area contributed by atoms with Crippen molar-refractivity contribution in [3.05, 3.63) is 0 Å². The van der Waals surface area contributed by atoms with Crippen molar-refractivity contribution in [2.24, 2.45) is 5.92 Å². The maximum absolute atomic E-state index is 12.2. The van der Waals surface area contributed by atoms with Crippen molar-refractivity contribution in [2.45, 2.75) is 44.6 Å². The number of piperazine rings is 1. The Morgan fingerprint density at radius 2 is 1.95 bits per heavy atom. The first kappa shape index (κ1) is 14.7. The van der Waals surface area contributed by atoms with E-state index in [-0.39, 0.29) is 24.4 Å². The lowest BCUT2D eigenvalue weighted by Crippen LogP contribution is -2.58. The van der Waals surface area contributed by atoms with E-state index in [0.717, 1.165) is 32.2 Å². The van der Waals surface area contributed by atoms with Crippen molar-refractivity contribution in [1.82, 2.24) is 10.2 Å². The number of hydrogen-bond acceptors (Lipinski definition) is 3.